The average Bonchev–Trinajstić information content (AvgIpc) is 2.26. The van der Waals surface area contributed by atoms with Crippen LogP contribution in [0, 0.1) is 0 Å². The van der Waals surface area contributed by atoms with Gasteiger partial charge in [-0.15, -0.1) is 0 Å². The van der Waals surface area contributed by atoms with Crippen LogP contribution in [0.15, 0.2) is 0 Å². The van der Waals surface area contributed by atoms with Crippen LogP contribution < -0.4 is 5.43 Å². The van der Waals surface area contributed by atoms with E-state index in [-0.39, 0.29) is 0 Å². The molecule has 0 unspecified atom stereocenters. The van der Waals surface area contributed by atoms with Gasteiger partial charge in [0.2, 0.25) is 0 Å². The Morgan fingerprint density at radius 3 is 2.80 bits per heavy atom. The standard InChI is InChI=1S/C10H20N2O2S/c1-2-3-4-7-14-10(15)11-12-5-8-13-9-6-12/h2-9H2,1H3,(H,11,15). The highest BCUT2D eigenvalue weighted by Gasteiger charge is 2.11. The summed E-state index contributed by atoms with van der Waals surface area (Å²) in [5.41, 5.74) is 3.06. The maximum atomic E-state index is 5.38. The van der Waals surface area contributed by atoms with Gasteiger partial charge >= 0.3 is 0 Å². The smallest absolute Gasteiger partial charge is 0.271 e. The van der Waals surface area contributed by atoms with Gasteiger partial charge in [0.15, 0.2) is 0 Å². The second-order valence-electron chi connectivity index (χ2n) is 3.55. The molecule has 1 N–H and O–H groups in total. The predicted octanol–water partition coefficient (Wildman–Crippen LogP) is 1.31. The first-order valence-electron chi connectivity index (χ1n) is 5.59. The average molecular weight is 232 g/mol. The molecule has 0 aromatic heterocycles. The lowest BCUT2D eigenvalue weighted by Crippen LogP contribution is -2.48. The van der Waals surface area contributed by atoms with Gasteiger partial charge in [-0.1, -0.05) is 19.8 Å². The van der Waals surface area contributed by atoms with Crippen molar-refractivity contribution in [3.63, 3.8) is 0 Å². The maximum Gasteiger partial charge on any atom is 0.271 e. The van der Waals surface area contributed by atoms with E-state index in [1.165, 1.54) is 12.8 Å². The topological polar surface area (TPSA) is 33.7 Å². The Balaban J connectivity index is 2.01. The molecule has 0 atom stereocenters. The summed E-state index contributed by atoms with van der Waals surface area (Å²) in [6.45, 7) is 6.11. The fourth-order valence-corrected chi connectivity index (χ4v) is 1.57. The van der Waals surface area contributed by atoms with E-state index in [4.69, 9.17) is 21.7 Å². The molecule has 4 nitrogen and oxygen atoms in total. The number of morpholine rings is 1. The largest absolute Gasteiger partial charge is 0.470 e. The fraction of sp³-hybridized carbons (Fsp3) is 0.900. The highest BCUT2D eigenvalue weighted by atomic mass is 32.1. The monoisotopic (exact) mass is 232 g/mol. The molecule has 88 valence electrons. The Kier molecular flexibility index (Phi) is 6.63. The minimum Gasteiger partial charge on any atom is -0.470 e. The summed E-state index contributed by atoms with van der Waals surface area (Å²) >= 11 is 5.07. The molecule has 1 rings (SSSR count). The normalized spacial score (nSPS) is 17.4. The van der Waals surface area contributed by atoms with Crippen molar-refractivity contribution in [2.24, 2.45) is 0 Å². The first-order valence-corrected chi connectivity index (χ1v) is 6.00. The van der Waals surface area contributed by atoms with E-state index in [2.05, 4.69) is 12.3 Å². The van der Waals surface area contributed by atoms with Crippen LogP contribution in [-0.4, -0.2) is 43.1 Å². The summed E-state index contributed by atoms with van der Waals surface area (Å²) in [6.07, 6.45) is 3.47. The number of hydrogen-bond acceptors (Lipinski definition) is 4. The minimum absolute atomic E-state index is 0.480. The molecule has 0 aromatic carbocycles. The number of hydrazine groups is 1. The second kappa shape index (κ2) is 7.84. The van der Waals surface area contributed by atoms with Crippen LogP contribution >= 0.6 is 12.2 Å². The Hall–Kier alpha value is -0.390. The van der Waals surface area contributed by atoms with Gasteiger partial charge in [-0.25, -0.2) is 5.01 Å². The van der Waals surface area contributed by atoms with Crippen molar-refractivity contribution in [3.05, 3.63) is 0 Å². The quantitative estimate of drug-likeness (QED) is 0.571. The molecule has 0 aromatic rings. The van der Waals surface area contributed by atoms with Crippen molar-refractivity contribution >= 4 is 17.4 Å². The highest BCUT2D eigenvalue weighted by Crippen LogP contribution is 1.96. The molecule has 1 saturated heterocycles. The van der Waals surface area contributed by atoms with E-state index in [0.29, 0.717) is 11.8 Å². The zero-order valence-corrected chi connectivity index (χ0v) is 10.1. The van der Waals surface area contributed by atoms with Crippen LogP contribution in [-0.2, 0) is 9.47 Å². The van der Waals surface area contributed by atoms with Crippen molar-refractivity contribution < 1.29 is 9.47 Å². The number of nitrogens with one attached hydrogen (secondary N) is 1. The number of thiocarbonyl (C=S) groups is 1. The van der Waals surface area contributed by atoms with Crippen LogP contribution in [0.5, 0.6) is 0 Å². The summed E-state index contributed by atoms with van der Waals surface area (Å²) in [4.78, 5) is 0. The van der Waals surface area contributed by atoms with Gasteiger partial charge in [0, 0.05) is 13.1 Å². The molecule has 0 spiro atoms. The van der Waals surface area contributed by atoms with Gasteiger partial charge in [-0.05, 0) is 18.6 Å². The van der Waals surface area contributed by atoms with Gasteiger partial charge in [0.25, 0.3) is 5.17 Å². The van der Waals surface area contributed by atoms with E-state index >= 15 is 0 Å². The third-order valence-corrected chi connectivity index (χ3v) is 2.45. The van der Waals surface area contributed by atoms with Crippen LogP contribution in [0.2, 0.25) is 0 Å². The maximum absolute atomic E-state index is 5.38. The van der Waals surface area contributed by atoms with E-state index in [1.54, 1.807) is 0 Å². The molecule has 1 aliphatic rings. The third kappa shape index (κ3) is 5.92. The zero-order valence-electron chi connectivity index (χ0n) is 9.33. The van der Waals surface area contributed by atoms with E-state index in [0.717, 1.165) is 32.7 Å². The lowest BCUT2D eigenvalue weighted by molar-refractivity contribution is 0.0209. The third-order valence-electron chi connectivity index (χ3n) is 2.24. The number of nitrogens with zero attached hydrogens (tertiary/aromatic N) is 1. The molecule has 1 fully saturated rings. The molecule has 0 bridgehead atoms. The molecular formula is C10H20N2O2S. The lowest BCUT2D eigenvalue weighted by atomic mass is 10.3. The summed E-state index contributed by atoms with van der Waals surface area (Å²) in [6, 6.07) is 0. The minimum atomic E-state index is 0.480. The Morgan fingerprint density at radius 1 is 1.40 bits per heavy atom. The first kappa shape index (κ1) is 12.7. The van der Waals surface area contributed by atoms with Crippen molar-refractivity contribution in [1.82, 2.24) is 10.4 Å². The summed E-state index contributed by atoms with van der Waals surface area (Å²) in [7, 11) is 0. The zero-order chi connectivity index (χ0) is 10.9. The Morgan fingerprint density at radius 2 is 2.13 bits per heavy atom. The molecule has 0 saturated carbocycles. The number of rotatable bonds is 5. The molecule has 1 aliphatic heterocycles. The fourth-order valence-electron chi connectivity index (χ4n) is 1.35. The molecule has 15 heavy (non-hydrogen) atoms. The van der Waals surface area contributed by atoms with Crippen LogP contribution in [0.4, 0.5) is 0 Å². The van der Waals surface area contributed by atoms with Crippen molar-refractivity contribution in [1.29, 1.82) is 0 Å². The van der Waals surface area contributed by atoms with Gasteiger partial charge in [-0.2, -0.15) is 0 Å². The summed E-state index contributed by atoms with van der Waals surface area (Å²) in [5.74, 6) is 0. The Labute approximate surface area is 96.9 Å². The number of hydrogen-bond donors (Lipinski definition) is 1. The summed E-state index contributed by atoms with van der Waals surface area (Å²) < 4.78 is 10.6. The summed E-state index contributed by atoms with van der Waals surface area (Å²) in [5, 5.41) is 2.51. The number of unbranched alkanes of at least 4 members (excludes halogenated alkanes) is 2. The lowest BCUT2D eigenvalue weighted by Gasteiger charge is -2.27. The van der Waals surface area contributed by atoms with Gasteiger partial charge in [-0.3, -0.25) is 5.43 Å². The molecule has 0 radical (unpaired) electrons. The highest BCUT2D eigenvalue weighted by molar-refractivity contribution is 7.80. The SMILES string of the molecule is CCCCCOC(=S)NN1CCOCC1. The van der Waals surface area contributed by atoms with E-state index < -0.39 is 0 Å². The molecule has 5 heteroatoms. The van der Waals surface area contributed by atoms with E-state index in [1.807, 2.05) is 5.01 Å². The van der Waals surface area contributed by atoms with Crippen molar-refractivity contribution in [3.8, 4) is 0 Å². The van der Waals surface area contributed by atoms with Crippen LogP contribution in [0.25, 0.3) is 0 Å². The van der Waals surface area contributed by atoms with Crippen LogP contribution in [0.3, 0.4) is 0 Å². The van der Waals surface area contributed by atoms with Gasteiger partial charge < -0.3 is 9.47 Å². The number of ether oxygens (including phenoxy) is 2. The van der Waals surface area contributed by atoms with Crippen molar-refractivity contribution in [2.45, 2.75) is 26.2 Å². The first-order chi connectivity index (χ1) is 7.33. The van der Waals surface area contributed by atoms with E-state index in [9.17, 15) is 0 Å². The molecular weight excluding hydrogens is 212 g/mol. The molecule has 1 heterocycles. The van der Waals surface area contributed by atoms with Crippen LogP contribution in [0.1, 0.15) is 26.2 Å². The van der Waals surface area contributed by atoms with Gasteiger partial charge in [0.1, 0.15) is 0 Å². The molecule has 0 amide bonds. The van der Waals surface area contributed by atoms with Crippen molar-refractivity contribution in [2.75, 3.05) is 32.9 Å². The van der Waals surface area contributed by atoms with Gasteiger partial charge in [0.05, 0.1) is 19.8 Å². The predicted molar refractivity (Wildman–Crippen MR) is 63.6 cm³/mol. The Bertz CT molecular complexity index is 184. The second-order valence-corrected chi connectivity index (χ2v) is 3.93. The molecule has 0 aliphatic carbocycles.